The van der Waals surface area contributed by atoms with Crippen LogP contribution >= 0.6 is 11.6 Å². The zero-order valence-corrected chi connectivity index (χ0v) is 9.69. The van der Waals surface area contributed by atoms with Crippen molar-refractivity contribution >= 4 is 11.6 Å². The number of nitrogens with zero attached hydrogens (tertiary/aromatic N) is 1. The van der Waals surface area contributed by atoms with Gasteiger partial charge in [0.1, 0.15) is 0 Å². The van der Waals surface area contributed by atoms with Crippen LogP contribution in [0.2, 0.25) is 0 Å². The van der Waals surface area contributed by atoms with E-state index in [4.69, 9.17) is 11.6 Å². The van der Waals surface area contributed by atoms with Crippen LogP contribution in [-0.4, -0.2) is 29.4 Å². The van der Waals surface area contributed by atoms with E-state index in [1.807, 2.05) is 0 Å². The molecule has 1 saturated heterocycles. The minimum Gasteiger partial charge on any atom is -0.297 e. The Bertz CT molecular complexity index is 138. The molecule has 1 aliphatic heterocycles. The fraction of sp³-hybridized carbons (Fsp3) is 1.00. The highest BCUT2D eigenvalue weighted by atomic mass is 35.5. The van der Waals surface area contributed by atoms with Crippen molar-refractivity contribution in [1.82, 2.24) is 4.90 Å². The van der Waals surface area contributed by atoms with E-state index in [9.17, 15) is 0 Å². The summed E-state index contributed by atoms with van der Waals surface area (Å²) in [4.78, 5) is 2.61. The SMILES string of the molecule is CCC(C)N1CCCCCC1CCl. The molecular formula is C11H22ClN. The highest BCUT2D eigenvalue weighted by molar-refractivity contribution is 6.18. The predicted octanol–water partition coefficient (Wildman–Crippen LogP) is 3.27. The van der Waals surface area contributed by atoms with Gasteiger partial charge in [0.25, 0.3) is 0 Å². The van der Waals surface area contributed by atoms with Gasteiger partial charge >= 0.3 is 0 Å². The third-order valence-corrected chi connectivity index (χ3v) is 3.61. The van der Waals surface area contributed by atoms with Gasteiger partial charge in [-0.05, 0) is 32.7 Å². The smallest absolute Gasteiger partial charge is 0.0379 e. The Morgan fingerprint density at radius 1 is 1.38 bits per heavy atom. The second-order valence-electron chi connectivity index (χ2n) is 4.15. The van der Waals surface area contributed by atoms with E-state index in [0.717, 1.165) is 5.88 Å². The van der Waals surface area contributed by atoms with Crippen molar-refractivity contribution in [2.24, 2.45) is 0 Å². The zero-order valence-electron chi connectivity index (χ0n) is 8.93. The van der Waals surface area contributed by atoms with Gasteiger partial charge in [0, 0.05) is 18.0 Å². The number of likely N-dealkylation sites (tertiary alicyclic amines) is 1. The van der Waals surface area contributed by atoms with Crippen molar-refractivity contribution in [3.63, 3.8) is 0 Å². The van der Waals surface area contributed by atoms with Crippen molar-refractivity contribution in [3.05, 3.63) is 0 Å². The van der Waals surface area contributed by atoms with E-state index >= 15 is 0 Å². The first kappa shape index (κ1) is 11.3. The molecule has 0 aromatic heterocycles. The summed E-state index contributed by atoms with van der Waals surface area (Å²) in [6.45, 7) is 5.85. The second-order valence-corrected chi connectivity index (χ2v) is 4.46. The van der Waals surface area contributed by atoms with E-state index in [1.165, 1.54) is 38.6 Å². The molecule has 0 N–H and O–H groups in total. The lowest BCUT2D eigenvalue weighted by atomic mass is 10.1. The van der Waals surface area contributed by atoms with Gasteiger partial charge in [-0.2, -0.15) is 0 Å². The van der Waals surface area contributed by atoms with Gasteiger partial charge in [0.05, 0.1) is 0 Å². The van der Waals surface area contributed by atoms with Crippen LogP contribution in [0.15, 0.2) is 0 Å². The third kappa shape index (κ3) is 3.14. The molecule has 0 bridgehead atoms. The first-order valence-corrected chi connectivity index (χ1v) is 6.14. The number of rotatable bonds is 3. The van der Waals surface area contributed by atoms with E-state index in [1.54, 1.807) is 0 Å². The molecule has 0 spiro atoms. The maximum absolute atomic E-state index is 6.01. The van der Waals surface area contributed by atoms with Crippen LogP contribution < -0.4 is 0 Å². The number of halogens is 1. The fourth-order valence-corrected chi connectivity index (χ4v) is 2.51. The molecule has 2 unspecified atom stereocenters. The summed E-state index contributed by atoms with van der Waals surface area (Å²) in [5.41, 5.74) is 0. The first-order valence-electron chi connectivity index (χ1n) is 5.61. The van der Waals surface area contributed by atoms with Gasteiger partial charge in [0.15, 0.2) is 0 Å². The largest absolute Gasteiger partial charge is 0.297 e. The molecule has 0 saturated carbocycles. The van der Waals surface area contributed by atoms with Gasteiger partial charge < -0.3 is 0 Å². The van der Waals surface area contributed by atoms with Crippen molar-refractivity contribution in [1.29, 1.82) is 0 Å². The van der Waals surface area contributed by atoms with Gasteiger partial charge in [-0.25, -0.2) is 0 Å². The molecule has 1 nitrogen and oxygen atoms in total. The lowest BCUT2D eigenvalue weighted by Crippen LogP contribution is -2.42. The maximum atomic E-state index is 6.01. The summed E-state index contributed by atoms with van der Waals surface area (Å²) in [5, 5.41) is 0. The van der Waals surface area contributed by atoms with Crippen molar-refractivity contribution < 1.29 is 0 Å². The summed E-state index contributed by atoms with van der Waals surface area (Å²) in [5.74, 6) is 0.810. The fourth-order valence-electron chi connectivity index (χ4n) is 2.18. The monoisotopic (exact) mass is 203 g/mol. The van der Waals surface area contributed by atoms with Crippen LogP contribution in [0.4, 0.5) is 0 Å². The van der Waals surface area contributed by atoms with Crippen LogP contribution in [0, 0.1) is 0 Å². The highest BCUT2D eigenvalue weighted by Crippen LogP contribution is 2.21. The molecular weight excluding hydrogens is 182 g/mol. The first-order chi connectivity index (χ1) is 6.29. The summed E-state index contributed by atoms with van der Waals surface area (Å²) in [6, 6.07) is 1.35. The molecule has 13 heavy (non-hydrogen) atoms. The second kappa shape index (κ2) is 5.87. The molecule has 0 amide bonds. The molecule has 1 rings (SSSR count). The predicted molar refractivity (Wildman–Crippen MR) is 59.4 cm³/mol. The molecule has 0 aromatic rings. The van der Waals surface area contributed by atoms with Crippen LogP contribution in [0.3, 0.4) is 0 Å². The van der Waals surface area contributed by atoms with Crippen LogP contribution in [0.1, 0.15) is 46.0 Å². The van der Waals surface area contributed by atoms with Crippen LogP contribution in [0.5, 0.6) is 0 Å². The summed E-state index contributed by atoms with van der Waals surface area (Å²) in [6.07, 6.45) is 6.66. The van der Waals surface area contributed by atoms with E-state index in [2.05, 4.69) is 18.7 Å². The molecule has 1 aliphatic rings. The zero-order chi connectivity index (χ0) is 9.68. The number of hydrogen-bond acceptors (Lipinski definition) is 1. The Morgan fingerprint density at radius 3 is 2.77 bits per heavy atom. The Labute approximate surface area is 87.4 Å². The van der Waals surface area contributed by atoms with Crippen molar-refractivity contribution in [2.75, 3.05) is 12.4 Å². The topological polar surface area (TPSA) is 3.24 Å². The average molecular weight is 204 g/mol. The van der Waals surface area contributed by atoms with Crippen LogP contribution in [0.25, 0.3) is 0 Å². The number of alkyl halides is 1. The molecule has 0 aliphatic carbocycles. The van der Waals surface area contributed by atoms with E-state index in [-0.39, 0.29) is 0 Å². The molecule has 1 heterocycles. The molecule has 1 fully saturated rings. The molecule has 2 heteroatoms. The lowest BCUT2D eigenvalue weighted by molar-refractivity contribution is 0.156. The van der Waals surface area contributed by atoms with Crippen molar-refractivity contribution in [2.45, 2.75) is 58.0 Å². The molecule has 78 valence electrons. The minimum atomic E-state index is 0.638. The Balaban J connectivity index is 2.53. The summed E-state index contributed by atoms with van der Waals surface area (Å²) >= 11 is 6.01. The van der Waals surface area contributed by atoms with Crippen molar-refractivity contribution in [3.8, 4) is 0 Å². The van der Waals surface area contributed by atoms with E-state index in [0.29, 0.717) is 12.1 Å². The van der Waals surface area contributed by atoms with Gasteiger partial charge in [-0.15, -0.1) is 11.6 Å². The van der Waals surface area contributed by atoms with Gasteiger partial charge in [-0.1, -0.05) is 19.8 Å². The Hall–Kier alpha value is 0.250. The molecule has 0 aromatic carbocycles. The van der Waals surface area contributed by atoms with E-state index < -0.39 is 0 Å². The third-order valence-electron chi connectivity index (χ3n) is 3.26. The lowest BCUT2D eigenvalue weighted by Gasteiger charge is -2.33. The highest BCUT2D eigenvalue weighted by Gasteiger charge is 2.23. The molecule has 0 radical (unpaired) electrons. The Morgan fingerprint density at radius 2 is 2.15 bits per heavy atom. The van der Waals surface area contributed by atoms with Gasteiger partial charge in [0.2, 0.25) is 0 Å². The number of hydrogen-bond donors (Lipinski definition) is 0. The normalized spacial score (nSPS) is 28.4. The van der Waals surface area contributed by atoms with Crippen LogP contribution in [-0.2, 0) is 0 Å². The Kier molecular flexibility index (Phi) is 5.12. The summed E-state index contributed by atoms with van der Waals surface area (Å²) in [7, 11) is 0. The maximum Gasteiger partial charge on any atom is 0.0379 e. The standard InChI is InChI=1S/C11H22ClN/c1-3-10(2)13-8-6-4-5-7-11(13)9-12/h10-11H,3-9H2,1-2H3. The molecule has 2 atom stereocenters. The average Bonchev–Trinajstić information content (AvgIpc) is 2.41. The van der Waals surface area contributed by atoms with Gasteiger partial charge in [-0.3, -0.25) is 4.90 Å². The summed E-state index contributed by atoms with van der Waals surface area (Å²) < 4.78 is 0. The minimum absolute atomic E-state index is 0.638. The quantitative estimate of drug-likeness (QED) is 0.637.